The lowest BCUT2D eigenvalue weighted by Crippen LogP contribution is -2.50. The molecular formula is C25H32Cl2N2O3. The normalized spacial score (nSPS) is 12.4. The lowest BCUT2D eigenvalue weighted by Gasteiger charge is -2.30. The van der Waals surface area contributed by atoms with Gasteiger partial charge in [-0.15, -0.1) is 0 Å². The Hall–Kier alpha value is -2.24. The number of rotatable bonds is 8. The molecule has 1 atom stereocenters. The lowest BCUT2D eigenvalue weighted by atomic mass is 9.86. The van der Waals surface area contributed by atoms with Crippen molar-refractivity contribution < 1.29 is 14.3 Å². The highest BCUT2D eigenvalue weighted by atomic mass is 35.5. The third-order valence-electron chi connectivity index (χ3n) is 4.98. The van der Waals surface area contributed by atoms with Gasteiger partial charge in [0.15, 0.2) is 6.61 Å². The van der Waals surface area contributed by atoms with Crippen LogP contribution in [0.2, 0.25) is 10.0 Å². The van der Waals surface area contributed by atoms with Gasteiger partial charge in [0, 0.05) is 12.6 Å². The van der Waals surface area contributed by atoms with E-state index in [1.807, 2.05) is 38.1 Å². The van der Waals surface area contributed by atoms with E-state index in [1.165, 1.54) is 4.90 Å². The fraction of sp³-hybridized carbons (Fsp3) is 0.440. The molecule has 0 saturated carbocycles. The van der Waals surface area contributed by atoms with Crippen LogP contribution in [0.1, 0.15) is 52.7 Å². The summed E-state index contributed by atoms with van der Waals surface area (Å²) in [6.07, 6.45) is 0. The zero-order chi connectivity index (χ0) is 24.1. The summed E-state index contributed by atoms with van der Waals surface area (Å²) in [5.41, 5.74) is 1.64. The standard InChI is InChI=1S/C25H32Cl2N2O3/c1-16(2)28-24(31)17(3)29(14-18-11-12-20(26)21(27)13-18)23(30)15-32-22-10-8-7-9-19(22)25(4,5)6/h7-13,16-17H,14-15H2,1-6H3,(H,28,31)/t17-/m1/s1. The summed E-state index contributed by atoms with van der Waals surface area (Å²) in [7, 11) is 0. The van der Waals surface area contributed by atoms with Crippen LogP contribution in [0, 0.1) is 0 Å². The number of carbonyl (C=O) groups excluding carboxylic acids is 2. The topological polar surface area (TPSA) is 58.6 Å². The van der Waals surface area contributed by atoms with Crippen LogP contribution >= 0.6 is 23.2 Å². The van der Waals surface area contributed by atoms with Gasteiger partial charge < -0.3 is 15.0 Å². The fourth-order valence-electron chi connectivity index (χ4n) is 3.26. The lowest BCUT2D eigenvalue weighted by molar-refractivity contribution is -0.142. The number of amides is 2. The van der Waals surface area contributed by atoms with E-state index in [-0.39, 0.29) is 36.4 Å². The van der Waals surface area contributed by atoms with E-state index in [1.54, 1.807) is 25.1 Å². The molecule has 2 aromatic rings. The van der Waals surface area contributed by atoms with Gasteiger partial charge in [-0.05, 0) is 55.5 Å². The molecule has 0 aromatic heterocycles. The van der Waals surface area contributed by atoms with Crippen LogP contribution in [0.5, 0.6) is 5.75 Å². The number of halogens is 2. The third kappa shape index (κ3) is 7.14. The van der Waals surface area contributed by atoms with Gasteiger partial charge in [0.05, 0.1) is 10.0 Å². The minimum absolute atomic E-state index is 0.0400. The van der Waals surface area contributed by atoms with Gasteiger partial charge in [0.2, 0.25) is 5.91 Å². The zero-order valence-corrected chi connectivity index (χ0v) is 21.1. The Labute approximate surface area is 201 Å². The van der Waals surface area contributed by atoms with Crippen molar-refractivity contribution in [3.8, 4) is 5.75 Å². The number of ether oxygens (including phenoxy) is 1. The van der Waals surface area contributed by atoms with E-state index < -0.39 is 6.04 Å². The van der Waals surface area contributed by atoms with E-state index in [9.17, 15) is 9.59 Å². The Morgan fingerprint density at radius 2 is 1.69 bits per heavy atom. The highest BCUT2D eigenvalue weighted by Gasteiger charge is 2.27. The SMILES string of the molecule is CC(C)NC(=O)[C@@H](C)N(Cc1ccc(Cl)c(Cl)c1)C(=O)COc1ccccc1C(C)(C)C. The first-order chi connectivity index (χ1) is 14.9. The largest absolute Gasteiger partial charge is 0.483 e. The van der Waals surface area contributed by atoms with Crippen LogP contribution in [0.15, 0.2) is 42.5 Å². The van der Waals surface area contributed by atoms with Crippen molar-refractivity contribution in [1.82, 2.24) is 10.2 Å². The van der Waals surface area contributed by atoms with Crippen molar-refractivity contribution in [3.05, 3.63) is 63.6 Å². The molecule has 7 heteroatoms. The second kappa shape index (κ2) is 11.1. The van der Waals surface area contributed by atoms with Crippen LogP contribution in [0.3, 0.4) is 0 Å². The molecule has 0 heterocycles. The van der Waals surface area contributed by atoms with E-state index in [2.05, 4.69) is 26.1 Å². The zero-order valence-electron chi connectivity index (χ0n) is 19.5. The van der Waals surface area contributed by atoms with Crippen LogP contribution in [0.25, 0.3) is 0 Å². The summed E-state index contributed by atoms with van der Waals surface area (Å²) in [5, 5.41) is 3.69. The summed E-state index contributed by atoms with van der Waals surface area (Å²) in [4.78, 5) is 27.4. The Bertz CT molecular complexity index is 954. The fourth-order valence-corrected chi connectivity index (χ4v) is 3.58. The summed E-state index contributed by atoms with van der Waals surface area (Å²) in [6, 6.07) is 12.1. The molecule has 0 bridgehead atoms. The number of hydrogen-bond donors (Lipinski definition) is 1. The highest BCUT2D eigenvalue weighted by Crippen LogP contribution is 2.31. The Kier molecular flexibility index (Phi) is 8.99. The number of para-hydroxylation sites is 1. The quantitative estimate of drug-likeness (QED) is 0.535. The molecule has 1 N–H and O–H groups in total. The Morgan fingerprint density at radius 1 is 1.03 bits per heavy atom. The molecule has 0 fully saturated rings. The van der Waals surface area contributed by atoms with Gasteiger partial charge in [0.25, 0.3) is 5.91 Å². The molecule has 5 nitrogen and oxygen atoms in total. The number of benzene rings is 2. The average Bonchev–Trinajstić information content (AvgIpc) is 2.71. The first kappa shape index (κ1) is 26.0. The Balaban J connectivity index is 2.25. The van der Waals surface area contributed by atoms with E-state index in [0.717, 1.165) is 11.1 Å². The number of nitrogens with one attached hydrogen (secondary N) is 1. The first-order valence-electron chi connectivity index (χ1n) is 10.7. The monoisotopic (exact) mass is 478 g/mol. The van der Waals surface area contributed by atoms with Crippen molar-refractivity contribution in [1.29, 1.82) is 0 Å². The summed E-state index contributed by atoms with van der Waals surface area (Å²) < 4.78 is 5.93. The molecule has 32 heavy (non-hydrogen) atoms. The number of carbonyl (C=O) groups is 2. The van der Waals surface area contributed by atoms with Gasteiger partial charge >= 0.3 is 0 Å². The summed E-state index contributed by atoms with van der Waals surface area (Å²) >= 11 is 12.2. The molecule has 2 aromatic carbocycles. The summed E-state index contributed by atoms with van der Waals surface area (Å²) in [6.45, 7) is 11.7. The Morgan fingerprint density at radius 3 is 2.28 bits per heavy atom. The molecule has 0 aliphatic heterocycles. The smallest absolute Gasteiger partial charge is 0.261 e. The average molecular weight is 479 g/mol. The van der Waals surface area contributed by atoms with Crippen molar-refractivity contribution in [3.63, 3.8) is 0 Å². The first-order valence-corrected chi connectivity index (χ1v) is 11.4. The van der Waals surface area contributed by atoms with E-state index in [4.69, 9.17) is 27.9 Å². The second-order valence-electron chi connectivity index (χ2n) is 9.14. The van der Waals surface area contributed by atoms with Crippen molar-refractivity contribution >= 4 is 35.0 Å². The molecule has 2 rings (SSSR count). The van der Waals surface area contributed by atoms with Gasteiger partial charge in [-0.25, -0.2) is 0 Å². The van der Waals surface area contributed by atoms with Crippen molar-refractivity contribution in [2.75, 3.05) is 6.61 Å². The van der Waals surface area contributed by atoms with Gasteiger partial charge in [-0.2, -0.15) is 0 Å². The minimum Gasteiger partial charge on any atom is -0.483 e. The van der Waals surface area contributed by atoms with Crippen molar-refractivity contribution in [2.45, 2.75) is 65.6 Å². The second-order valence-corrected chi connectivity index (χ2v) is 9.96. The molecule has 0 aliphatic rings. The van der Waals surface area contributed by atoms with Crippen LogP contribution < -0.4 is 10.1 Å². The van der Waals surface area contributed by atoms with E-state index in [0.29, 0.717) is 15.8 Å². The number of nitrogens with zero attached hydrogens (tertiary/aromatic N) is 1. The highest BCUT2D eigenvalue weighted by molar-refractivity contribution is 6.42. The van der Waals surface area contributed by atoms with Crippen molar-refractivity contribution in [2.24, 2.45) is 0 Å². The van der Waals surface area contributed by atoms with Gasteiger partial charge in [0.1, 0.15) is 11.8 Å². The predicted octanol–water partition coefficient (Wildman–Crippen LogP) is 5.61. The van der Waals surface area contributed by atoms with Crippen LogP contribution in [0.4, 0.5) is 0 Å². The molecule has 0 unspecified atom stereocenters. The molecular weight excluding hydrogens is 447 g/mol. The third-order valence-corrected chi connectivity index (χ3v) is 5.72. The van der Waals surface area contributed by atoms with Gasteiger partial charge in [-0.3, -0.25) is 9.59 Å². The molecule has 0 aliphatic carbocycles. The molecule has 2 amide bonds. The van der Waals surface area contributed by atoms with Crippen LogP contribution in [-0.4, -0.2) is 35.4 Å². The molecule has 0 radical (unpaired) electrons. The molecule has 174 valence electrons. The van der Waals surface area contributed by atoms with E-state index >= 15 is 0 Å². The van der Waals surface area contributed by atoms with Gasteiger partial charge in [-0.1, -0.05) is 68.2 Å². The van der Waals surface area contributed by atoms with Crippen LogP contribution in [-0.2, 0) is 21.5 Å². The number of hydrogen-bond acceptors (Lipinski definition) is 3. The molecule has 0 spiro atoms. The summed E-state index contributed by atoms with van der Waals surface area (Å²) in [5.74, 6) is 0.122. The molecule has 0 saturated heterocycles. The maximum atomic E-state index is 13.2. The maximum Gasteiger partial charge on any atom is 0.261 e. The minimum atomic E-state index is -0.694. The predicted molar refractivity (Wildman–Crippen MR) is 130 cm³/mol. The maximum absolute atomic E-state index is 13.2.